The van der Waals surface area contributed by atoms with Crippen LogP contribution in [0.5, 0.6) is 0 Å². The molecule has 6 rings (SSSR count). The number of benzene rings is 3. The molecule has 3 fully saturated rings. The van der Waals surface area contributed by atoms with E-state index >= 15 is 0 Å². The number of carbonyl (C=O) groups is 2. The van der Waals surface area contributed by atoms with Gasteiger partial charge in [-0.25, -0.2) is 0 Å². The second kappa shape index (κ2) is 17.4. The van der Waals surface area contributed by atoms with Crippen molar-refractivity contribution in [2.24, 2.45) is 0 Å². The molecular weight excluding hydrogens is 636 g/mol. The quantitative estimate of drug-likeness (QED) is 0.130. The number of nitrogens with one attached hydrogen (secondary N) is 2. The van der Waals surface area contributed by atoms with E-state index in [0.717, 1.165) is 67.6 Å². The number of nitrogens with two attached hydrogens (primary N) is 1. The molecule has 0 bridgehead atoms. The van der Waals surface area contributed by atoms with E-state index in [0.29, 0.717) is 56.8 Å². The summed E-state index contributed by atoms with van der Waals surface area (Å²) in [6.45, 7) is 4.35. The highest BCUT2D eigenvalue weighted by Crippen LogP contribution is 2.39. The second-order valence-electron chi connectivity index (χ2n) is 13.5. The van der Waals surface area contributed by atoms with Crippen molar-refractivity contribution >= 4 is 23.2 Å². The lowest BCUT2D eigenvalue weighted by atomic mass is 9.98. The number of amides is 2. The first-order valence-corrected chi connectivity index (χ1v) is 17.9. The maximum absolute atomic E-state index is 12.5. The molecule has 5 N–H and O–H groups in total. The summed E-state index contributed by atoms with van der Waals surface area (Å²) in [5.41, 5.74) is 10.9. The Morgan fingerprint density at radius 1 is 0.820 bits per heavy atom. The molecule has 0 unspecified atom stereocenters. The van der Waals surface area contributed by atoms with Crippen LogP contribution in [0.15, 0.2) is 72.8 Å². The number of aliphatic hydroxyl groups excluding tert-OH is 1. The normalized spacial score (nSPS) is 22.0. The van der Waals surface area contributed by atoms with Crippen LogP contribution < -0.4 is 16.4 Å². The number of rotatable bonds is 14. The number of nitrogens with zero attached hydrogens (tertiary/aromatic N) is 1. The minimum atomic E-state index is -0.537. The van der Waals surface area contributed by atoms with Gasteiger partial charge < -0.3 is 45.3 Å². The smallest absolute Gasteiger partial charge is 0.224 e. The van der Waals surface area contributed by atoms with E-state index in [-0.39, 0.29) is 30.6 Å². The minimum Gasteiger partial charge on any atom is -0.397 e. The van der Waals surface area contributed by atoms with Crippen LogP contribution in [0.3, 0.4) is 0 Å². The molecule has 3 heterocycles. The molecule has 11 nitrogen and oxygen atoms in total. The predicted octanol–water partition coefficient (Wildman–Crippen LogP) is 5.35. The van der Waals surface area contributed by atoms with E-state index in [9.17, 15) is 14.7 Å². The highest BCUT2D eigenvalue weighted by atomic mass is 16.7. The predicted molar refractivity (Wildman–Crippen MR) is 190 cm³/mol. The largest absolute Gasteiger partial charge is 0.397 e. The molecule has 3 saturated heterocycles. The van der Waals surface area contributed by atoms with Gasteiger partial charge in [-0.15, -0.1) is 0 Å². The molecule has 50 heavy (non-hydrogen) atoms. The summed E-state index contributed by atoms with van der Waals surface area (Å²) >= 11 is 0. The Morgan fingerprint density at radius 3 is 2.18 bits per heavy atom. The van der Waals surface area contributed by atoms with Crippen molar-refractivity contribution in [3.05, 3.63) is 95.1 Å². The van der Waals surface area contributed by atoms with Gasteiger partial charge in [-0.2, -0.15) is 0 Å². The average molecular weight is 687 g/mol. The van der Waals surface area contributed by atoms with Crippen LogP contribution in [-0.2, 0) is 41.7 Å². The third-order valence-electron chi connectivity index (χ3n) is 9.79. The highest BCUT2D eigenvalue weighted by molar-refractivity contribution is 5.93. The summed E-state index contributed by atoms with van der Waals surface area (Å²) in [4.78, 5) is 27.2. The number of unbranched alkanes of at least 4 members (excludes halogenated alkanes) is 2. The fourth-order valence-electron chi connectivity index (χ4n) is 6.84. The van der Waals surface area contributed by atoms with Gasteiger partial charge in [-0.3, -0.25) is 9.59 Å². The Labute approximate surface area is 294 Å². The van der Waals surface area contributed by atoms with Crippen LogP contribution in [-0.4, -0.2) is 66.6 Å². The van der Waals surface area contributed by atoms with Gasteiger partial charge >= 0.3 is 0 Å². The first-order valence-electron chi connectivity index (χ1n) is 17.9. The third-order valence-corrected chi connectivity index (χ3v) is 9.79. The number of anilines is 2. The van der Waals surface area contributed by atoms with Gasteiger partial charge in [0.1, 0.15) is 0 Å². The zero-order chi connectivity index (χ0) is 34.8. The van der Waals surface area contributed by atoms with Crippen molar-refractivity contribution in [1.29, 1.82) is 0 Å². The highest BCUT2D eigenvalue weighted by Gasteiger charge is 2.41. The number of ether oxygens (including phenoxy) is 4. The zero-order valence-corrected chi connectivity index (χ0v) is 28.7. The van der Waals surface area contributed by atoms with Gasteiger partial charge in [0.15, 0.2) is 12.1 Å². The molecule has 0 aliphatic carbocycles. The van der Waals surface area contributed by atoms with E-state index in [1.165, 1.54) is 0 Å². The molecule has 2 amide bonds. The monoisotopic (exact) mass is 686 g/mol. The molecule has 268 valence electrons. The van der Waals surface area contributed by atoms with Crippen LogP contribution in [0.2, 0.25) is 0 Å². The molecule has 1 spiro atoms. The zero-order valence-electron chi connectivity index (χ0n) is 28.7. The molecule has 3 aromatic carbocycles. The lowest BCUT2D eigenvalue weighted by Crippen LogP contribution is -2.48. The van der Waals surface area contributed by atoms with E-state index in [4.69, 9.17) is 24.7 Å². The number of likely N-dealkylation sites (tertiary alicyclic amines) is 1. The lowest BCUT2D eigenvalue weighted by molar-refractivity contribution is -0.255. The van der Waals surface area contributed by atoms with Crippen LogP contribution in [0.1, 0.15) is 86.0 Å². The number of para-hydroxylation sites is 2. The van der Waals surface area contributed by atoms with Crippen LogP contribution in [0.4, 0.5) is 11.4 Å². The summed E-state index contributed by atoms with van der Waals surface area (Å²) in [5.74, 6) is -0.499. The number of hydrogen-bond acceptors (Lipinski definition) is 9. The van der Waals surface area contributed by atoms with Crippen molar-refractivity contribution in [2.45, 2.75) is 88.8 Å². The molecule has 0 radical (unpaired) electrons. The van der Waals surface area contributed by atoms with Crippen LogP contribution in [0.25, 0.3) is 0 Å². The number of aliphatic hydroxyl groups is 1. The molecule has 0 aromatic heterocycles. The fourth-order valence-corrected chi connectivity index (χ4v) is 6.84. The molecule has 11 heteroatoms. The van der Waals surface area contributed by atoms with Gasteiger partial charge in [-0.05, 0) is 41.7 Å². The Kier molecular flexibility index (Phi) is 12.5. The molecule has 3 aromatic rings. The maximum atomic E-state index is 12.5. The van der Waals surface area contributed by atoms with Gasteiger partial charge in [0, 0.05) is 63.8 Å². The maximum Gasteiger partial charge on any atom is 0.224 e. The van der Waals surface area contributed by atoms with Crippen molar-refractivity contribution < 1.29 is 33.6 Å². The van der Waals surface area contributed by atoms with Gasteiger partial charge in [0.05, 0.1) is 43.4 Å². The lowest BCUT2D eigenvalue weighted by Gasteiger charge is -2.41. The summed E-state index contributed by atoms with van der Waals surface area (Å²) in [6, 6.07) is 23.1. The van der Waals surface area contributed by atoms with Crippen molar-refractivity contribution in [2.75, 3.05) is 43.9 Å². The minimum absolute atomic E-state index is 0.00303. The molecular formula is C39H50N4O7. The second-order valence-corrected chi connectivity index (χ2v) is 13.5. The average Bonchev–Trinajstić information content (AvgIpc) is 3.60. The molecule has 3 aliphatic heterocycles. The van der Waals surface area contributed by atoms with Gasteiger partial charge in [-0.1, -0.05) is 67.1 Å². The van der Waals surface area contributed by atoms with E-state index in [1.807, 2.05) is 60.7 Å². The fraction of sp³-hybridized carbons (Fsp3) is 0.487. The van der Waals surface area contributed by atoms with Crippen LogP contribution >= 0.6 is 0 Å². The number of hydrogen-bond donors (Lipinski definition) is 4. The number of carbonyl (C=O) groups excluding carboxylic acids is 2. The van der Waals surface area contributed by atoms with Crippen molar-refractivity contribution in [3.8, 4) is 0 Å². The van der Waals surface area contributed by atoms with Crippen molar-refractivity contribution in [3.63, 3.8) is 0 Å². The molecule has 0 saturated carbocycles. The van der Waals surface area contributed by atoms with Crippen molar-refractivity contribution in [1.82, 2.24) is 10.2 Å². The number of nitrogen functional groups attached to an aromatic ring is 1. The van der Waals surface area contributed by atoms with Gasteiger partial charge in [0.25, 0.3) is 0 Å². The Hall–Kier alpha value is -3.84. The van der Waals surface area contributed by atoms with E-state index in [2.05, 4.69) is 15.5 Å². The number of piperidine rings is 1. The van der Waals surface area contributed by atoms with E-state index < -0.39 is 12.1 Å². The first-order chi connectivity index (χ1) is 24.4. The topological polar surface area (TPSA) is 145 Å². The molecule has 3 atom stereocenters. The standard InChI is InChI=1S/C39H50N4O7/c40-33-6-4-5-7-34(33)42-37(46)9-3-1-2-8-36(45)41-25-28-10-16-31(17-11-28)38-49-32(24-35(50-38)30-14-12-29(27-44)13-15-30)26-43-20-18-39(19-21-43)47-22-23-48-39/h4-7,10-17,32,35,38,44H,1-3,8-9,18-27,40H2,(H,41,45)(H,42,46)/t32-,35+,38+/m1/s1. The summed E-state index contributed by atoms with van der Waals surface area (Å²) in [5, 5.41) is 15.4. The van der Waals surface area contributed by atoms with Crippen LogP contribution in [0, 0.1) is 0 Å². The Balaban J connectivity index is 0.964. The summed E-state index contributed by atoms with van der Waals surface area (Å²) in [7, 11) is 0. The first kappa shape index (κ1) is 36.0. The van der Waals surface area contributed by atoms with E-state index in [1.54, 1.807) is 12.1 Å². The Morgan fingerprint density at radius 2 is 1.48 bits per heavy atom. The van der Waals surface area contributed by atoms with Gasteiger partial charge in [0.2, 0.25) is 11.8 Å². The SMILES string of the molecule is Nc1ccccc1NC(=O)CCCCCC(=O)NCc1ccc([C@H]2O[C@@H](CN3CCC4(CC3)OCCO4)C[C@@H](c3ccc(CO)cc3)O2)cc1. The summed E-state index contributed by atoms with van der Waals surface area (Å²) < 4.78 is 25.0. The summed E-state index contributed by atoms with van der Waals surface area (Å²) in [6.07, 6.45) is 4.72. The Bertz CT molecular complexity index is 1530. The molecule has 3 aliphatic rings. The third kappa shape index (κ3) is 9.90.